The van der Waals surface area contributed by atoms with E-state index in [1.165, 1.54) is 16.8 Å². The highest BCUT2D eigenvalue weighted by Gasteiger charge is 2.22. The van der Waals surface area contributed by atoms with Crippen LogP contribution in [0.4, 0.5) is 15.8 Å². The molecular formula is C18H24FN3. The van der Waals surface area contributed by atoms with Gasteiger partial charge in [-0.3, -0.25) is 0 Å². The lowest BCUT2D eigenvalue weighted by molar-refractivity contribution is 0.272. The molecule has 4 heteroatoms. The molecule has 3 rings (SSSR count). The summed E-state index contributed by atoms with van der Waals surface area (Å²) in [5, 5.41) is 6.37. The molecule has 2 aliphatic heterocycles. The highest BCUT2D eigenvalue weighted by Crippen LogP contribution is 2.34. The van der Waals surface area contributed by atoms with Crippen LogP contribution in [0, 0.1) is 0 Å². The van der Waals surface area contributed by atoms with Crippen LogP contribution >= 0.6 is 0 Å². The summed E-state index contributed by atoms with van der Waals surface area (Å²) in [4.78, 5) is 2.36. The summed E-state index contributed by atoms with van der Waals surface area (Å²) in [6, 6.07) is 6.54. The summed E-state index contributed by atoms with van der Waals surface area (Å²) in [5.41, 5.74) is 4.88. The summed E-state index contributed by atoms with van der Waals surface area (Å²) < 4.78 is 13.2. The van der Waals surface area contributed by atoms with E-state index in [1.54, 1.807) is 0 Å². The topological polar surface area (TPSA) is 27.3 Å². The van der Waals surface area contributed by atoms with Gasteiger partial charge in [-0.2, -0.15) is 0 Å². The fourth-order valence-corrected chi connectivity index (χ4v) is 3.21. The summed E-state index contributed by atoms with van der Waals surface area (Å²) in [6.07, 6.45) is 6.65. The molecule has 118 valence electrons. The summed E-state index contributed by atoms with van der Waals surface area (Å²) in [6.45, 7) is 6.35. The largest absolute Gasteiger partial charge is 0.374 e. The molecule has 0 saturated carbocycles. The van der Waals surface area contributed by atoms with Crippen molar-refractivity contribution >= 4 is 17.5 Å². The maximum atomic E-state index is 13.2. The second kappa shape index (κ2) is 6.42. The van der Waals surface area contributed by atoms with Crippen molar-refractivity contribution in [3.63, 3.8) is 0 Å². The normalized spacial score (nSPS) is 23.1. The highest BCUT2D eigenvalue weighted by atomic mass is 19.1. The monoisotopic (exact) mass is 301 g/mol. The fraction of sp³-hybridized carbons (Fsp3) is 0.444. The lowest BCUT2D eigenvalue weighted by atomic mass is 9.95. The Bertz CT molecular complexity index is 590. The molecule has 3 nitrogen and oxygen atoms in total. The third-order valence-electron chi connectivity index (χ3n) is 4.49. The van der Waals surface area contributed by atoms with Gasteiger partial charge in [0, 0.05) is 42.6 Å². The van der Waals surface area contributed by atoms with Gasteiger partial charge in [0.25, 0.3) is 0 Å². The lowest BCUT2D eigenvalue weighted by Crippen LogP contribution is -2.31. The second-order valence-corrected chi connectivity index (χ2v) is 5.78. The van der Waals surface area contributed by atoms with Crippen LogP contribution in [0.2, 0.25) is 0 Å². The molecule has 0 bridgehead atoms. The maximum absolute atomic E-state index is 13.2. The van der Waals surface area contributed by atoms with Crippen LogP contribution in [-0.2, 0) is 0 Å². The highest BCUT2D eigenvalue weighted by molar-refractivity contribution is 5.82. The van der Waals surface area contributed by atoms with E-state index in [4.69, 9.17) is 0 Å². The SMILES string of the molecule is CCN(CC)c1cccc2c1C=C[C@@H](C1=CN[C@H](F)CC1)N2. The second-order valence-electron chi connectivity index (χ2n) is 5.78. The van der Waals surface area contributed by atoms with Crippen LogP contribution in [-0.4, -0.2) is 25.4 Å². The average molecular weight is 301 g/mol. The molecule has 0 spiro atoms. The summed E-state index contributed by atoms with van der Waals surface area (Å²) >= 11 is 0. The number of hydrogen-bond acceptors (Lipinski definition) is 3. The average Bonchev–Trinajstić information content (AvgIpc) is 2.56. The molecule has 22 heavy (non-hydrogen) atoms. The molecule has 1 aromatic rings. The van der Waals surface area contributed by atoms with Gasteiger partial charge in [-0.15, -0.1) is 0 Å². The quantitative estimate of drug-likeness (QED) is 0.826. The van der Waals surface area contributed by atoms with E-state index < -0.39 is 6.30 Å². The molecule has 1 aromatic carbocycles. The molecule has 0 amide bonds. The molecule has 2 N–H and O–H groups in total. The molecule has 0 saturated heterocycles. The van der Waals surface area contributed by atoms with Gasteiger partial charge in [0.15, 0.2) is 6.30 Å². The first-order valence-corrected chi connectivity index (χ1v) is 8.14. The number of nitrogens with zero attached hydrogens (tertiary/aromatic N) is 1. The molecule has 2 aliphatic rings. The van der Waals surface area contributed by atoms with Gasteiger partial charge < -0.3 is 15.5 Å². The smallest absolute Gasteiger partial charge is 0.169 e. The van der Waals surface area contributed by atoms with Crippen molar-refractivity contribution < 1.29 is 4.39 Å². The Morgan fingerprint density at radius 1 is 1.27 bits per heavy atom. The van der Waals surface area contributed by atoms with Gasteiger partial charge in [0.1, 0.15) is 0 Å². The molecule has 2 atom stereocenters. The third-order valence-corrected chi connectivity index (χ3v) is 4.49. The minimum Gasteiger partial charge on any atom is -0.374 e. The number of anilines is 2. The minimum absolute atomic E-state index is 0.152. The van der Waals surface area contributed by atoms with E-state index in [0.717, 1.165) is 25.2 Å². The molecule has 0 aliphatic carbocycles. The lowest BCUT2D eigenvalue weighted by Gasteiger charge is -2.31. The predicted octanol–water partition coefficient (Wildman–Crippen LogP) is 3.90. The van der Waals surface area contributed by atoms with E-state index in [-0.39, 0.29) is 6.04 Å². The van der Waals surface area contributed by atoms with Gasteiger partial charge in [-0.25, -0.2) is 4.39 Å². The molecule has 2 heterocycles. The molecule has 0 unspecified atom stereocenters. The first-order chi connectivity index (χ1) is 10.7. The Morgan fingerprint density at radius 3 is 2.77 bits per heavy atom. The van der Waals surface area contributed by atoms with Crippen molar-refractivity contribution in [1.29, 1.82) is 0 Å². The van der Waals surface area contributed by atoms with Crippen molar-refractivity contribution in [2.45, 2.75) is 39.0 Å². The maximum Gasteiger partial charge on any atom is 0.169 e. The number of alkyl halides is 1. The first kappa shape index (κ1) is 14.9. The van der Waals surface area contributed by atoms with Crippen molar-refractivity contribution in [3.05, 3.63) is 41.6 Å². The first-order valence-electron chi connectivity index (χ1n) is 8.14. The van der Waals surface area contributed by atoms with Gasteiger partial charge in [0.05, 0.1) is 6.04 Å². The zero-order chi connectivity index (χ0) is 15.5. The van der Waals surface area contributed by atoms with Crippen LogP contribution in [0.15, 0.2) is 36.0 Å². The third kappa shape index (κ3) is 2.82. The molecule has 0 aromatic heterocycles. The Balaban J connectivity index is 1.85. The van der Waals surface area contributed by atoms with E-state index in [9.17, 15) is 4.39 Å². The van der Waals surface area contributed by atoms with Crippen LogP contribution < -0.4 is 15.5 Å². The zero-order valence-electron chi connectivity index (χ0n) is 13.3. The number of nitrogens with one attached hydrogen (secondary N) is 2. The minimum atomic E-state index is -0.905. The number of hydrogen-bond donors (Lipinski definition) is 2. The number of rotatable bonds is 4. The summed E-state index contributed by atoms with van der Waals surface area (Å²) in [5.74, 6) is 0. The van der Waals surface area contributed by atoms with E-state index in [2.05, 4.69) is 59.7 Å². The Hall–Kier alpha value is -1.97. The van der Waals surface area contributed by atoms with Crippen molar-refractivity contribution in [3.8, 4) is 0 Å². The van der Waals surface area contributed by atoms with Gasteiger partial charge in [-0.1, -0.05) is 18.2 Å². The molecular weight excluding hydrogens is 277 g/mol. The van der Waals surface area contributed by atoms with Crippen molar-refractivity contribution in [2.24, 2.45) is 0 Å². The number of fused-ring (bicyclic) bond motifs is 1. The van der Waals surface area contributed by atoms with E-state index >= 15 is 0 Å². The Morgan fingerprint density at radius 2 is 2.09 bits per heavy atom. The van der Waals surface area contributed by atoms with Gasteiger partial charge >= 0.3 is 0 Å². The van der Waals surface area contributed by atoms with Crippen molar-refractivity contribution in [2.75, 3.05) is 23.3 Å². The number of benzene rings is 1. The molecule has 0 fully saturated rings. The zero-order valence-corrected chi connectivity index (χ0v) is 13.3. The van der Waals surface area contributed by atoms with Gasteiger partial charge in [-0.05, 0) is 38.0 Å². The van der Waals surface area contributed by atoms with E-state index in [0.29, 0.717) is 6.42 Å². The predicted molar refractivity (Wildman–Crippen MR) is 91.8 cm³/mol. The van der Waals surface area contributed by atoms with Crippen LogP contribution in [0.5, 0.6) is 0 Å². The standard InChI is InChI=1S/C18H24FN3/c1-3-22(4-2)17-7-5-6-16-14(17)9-10-15(21-16)13-8-11-18(19)20-12-13/h5-7,9-10,12,15,18,20-21H,3-4,8,11H2,1-2H3/t15-,18-/m0/s1. The van der Waals surface area contributed by atoms with E-state index in [1.807, 2.05) is 6.20 Å². The Kier molecular flexibility index (Phi) is 4.36. The molecule has 0 radical (unpaired) electrons. The van der Waals surface area contributed by atoms with Gasteiger partial charge in [0.2, 0.25) is 0 Å². The van der Waals surface area contributed by atoms with Crippen LogP contribution in [0.1, 0.15) is 32.3 Å². The van der Waals surface area contributed by atoms with Crippen LogP contribution in [0.25, 0.3) is 6.08 Å². The number of halogens is 1. The van der Waals surface area contributed by atoms with Crippen LogP contribution in [0.3, 0.4) is 0 Å². The fourth-order valence-electron chi connectivity index (χ4n) is 3.21. The van der Waals surface area contributed by atoms with Crippen molar-refractivity contribution in [1.82, 2.24) is 5.32 Å². The summed E-state index contributed by atoms with van der Waals surface area (Å²) in [7, 11) is 0. The Labute approximate surface area is 131 Å².